The second kappa shape index (κ2) is 4.32. The second-order valence-electron chi connectivity index (χ2n) is 6.30. The standard InChI is InChI=1S/C15H17NO3S/c17-14(13-11-7-1-2-8(5-7)12(11)13)16-6-9-3-4-10(20-9)15(18)19/h3-4,7-8,11-13H,1-2,5-6H2,(H,16,17)(H,18,19). The van der Waals surface area contributed by atoms with Crippen molar-refractivity contribution < 1.29 is 14.7 Å². The van der Waals surface area contributed by atoms with Crippen LogP contribution in [0.3, 0.4) is 0 Å². The number of fused-ring (bicyclic) bond motifs is 5. The fourth-order valence-corrected chi connectivity index (χ4v) is 5.34. The molecule has 0 aliphatic heterocycles. The average molecular weight is 291 g/mol. The molecule has 1 heterocycles. The maximum atomic E-state index is 12.2. The molecule has 0 aromatic carbocycles. The first-order chi connectivity index (χ1) is 9.65. The highest BCUT2D eigenvalue weighted by Crippen LogP contribution is 2.69. The van der Waals surface area contributed by atoms with Gasteiger partial charge in [0.2, 0.25) is 5.91 Å². The van der Waals surface area contributed by atoms with Crippen molar-refractivity contribution in [2.45, 2.75) is 25.8 Å². The van der Waals surface area contributed by atoms with E-state index in [1.165, 1.54) is 30.6 Å². The number of carboxylic acids is 1. The Labute approximate surface area is 121 Å². The molecule has 1 aromatic heterocycles. The first kappa shape index (κ1) is 12.4. The van der Waals surface area contributed by atoms with Gasteiger partial charge >= 0.3 is 5.97 Å². The SMILES string of the molecule is O=C(O)c1ccc(CNC(=O)C2C3C4CCC(C4)C23)s1. The van der Waals surface area contributed by atoms with Crippen molar-refractivity contribution in [1.82, 2.24) is 5.32 Å². The third-order valence-corrected chi connectivity index (χ3v) is 6.42. The van der Waals surface area contributed by atoms with E-state index < -0.39 is 5.97 Å². The lowest BCUT2D eigenvalue weighted by Crippen LogP contribution is -2.26. The van der Waals surface area contributed by atoms with E-state index in [4.69, 9.17) is 5.11 Å². The van der Waals surface area contributed by atoms with Gasteiger partial charge < -0.3 is 10.4 Å². The zero-order valence-corrected chi connectivity index (χ0v) is 11.9. The third kappa shape index (κ3) is 1.79. The van der Waals surface area contributed by atoms with Gasteiger partial charge in [0.25, 0.3) is 0 Å². The van der Waals surface area contributed by atoms with Crippen molar-refractivity contribution in [3.8, 4) is 0 Å². The van der Waals surface area contributed by atoms with E-state index in [9.17, 15) is 9.59 Å². The minimum Gasteiger partial charge on any atom is -0.477 e. The summed E-state index contributed by atoms with van der Waals surface area (Å²) in [6.45, 7) is 0.460. The van der Waals surface area contributed by atoms with Crippen LogP contribution in [0.25, 0.3) is 0 Å². The van der Waals surface area contributed by atoms with Crippen molar-refractivity contribution in [3.05, 3.63) is 21.9 Å². The number of carbonyl (C=O) groups excluding carboxylic acids is 1. The number of hydrogen-bond acceptors (Lipinski definition) is 3. The molecule has 0 saturated heterocycles. The van der Waals surface area contributed by atoms with E-state index in [0.717, 1.165) is 16.7 Å². The first-order valence-electron chi connectivity index (χ1n) is 7.25. The molecule has 0 radical (unpaired) electrons. The molecule has 2 bridgehead atoms. The molecule has 3 saturated carbocycles. The van der Waals surface area contributed by atoms with Crippen molar-refractivity contribution in [2.24, 2.45) is 29.6 Å². The number of carbonyl (C=O) groups is 2. The van der Waals surface area contributed by atoms with Crippen molar-refractivity contribution in [2.75, 3.05) is 0 Å². The van der Waals surface area contributed by atoms with Crippen LogP contribution >= 0.6 is 11.3 Å². The smallest absolute Gasteiger partial charge is 0.345 e. The summed E-state index contributed by atoms with van der Waals surface area (Å²) in [5, 5.41) is 11.9. The number of nitrogens with one attached hydrogen (secondary N) is 1. The molecule has 2 N–H and O–H groups in total. The maximum Gasteiger partial charge on any atom is 0.345 e. The number of rotatable bonds is 4. The molecule has 0 spiro atoms. The molecular formula is C15H17NO3S. The molecule has 4 nitrogen and oxygen atoms in total. The monoisotopic (exact) mass is 291 g/mol. The largest absolute Gasteiger partial charge is 0.477 e. The van der Waals surface area contributed by atoms with E-state index >= 15 is 0 Å². The molecule has 1 amide bonds. The van der Waals surface area contributed by atoms with Gasteiger partial charge in [-0.05, 0) is 55.1 Å². The summed E-state index contributed by atoms with van der Waals surface area (Å²) in [7, 11) is 0. The van der Waals surface area contributed by atoms with Gasteiger partial charge in [-0.2, -0.15) is 0 Å². The number of amides is 1. The Morgan fingerprint density at radius 2 is 1.95 bits per heavy atom. The van der Waals surface area contributed by atoms with E-state index in [1.54, 1.807) is 12.1 Å². The number of carboxylic acid groups (broad SMARTS) is 1. The topological polar surface area (TPSA) is 66.4 Å². The number of aromatic carboxylic acids is 1. The molecule has 3 aliphatic carbocycles. The summed E-state index contributed by atoms with van der Waals surface area (Å²) in [6, 6.07) is 3.38. The van der Waals surface area contributed by atoms with Gasteiger partial charge in [-0.25, -0.2) is 4.79 Å². The maximum absolute atomic E-state index is 12.2. The van der Waals surface area contributed by atoms with Crippen LogP contribution in [0, 0.1) is 29.6 Å². The van der Waals surface area contributed by atoms with Crippen LogP contribution in [0.1, 0.15) is 33.8 Å². The van der Waals surface area contributed by atoms with Gasteiger partial charge in [0.1, 0.15) is 4.88 Å². The van der Waals surface area contributed by atoms with Crippen LogP contribution < -0.4 is 5.32 Å². The summed E-state index contributed by atoms with van der Waals surface area (Å²) in [5.41, 5.74) is 0. The molecule has 20 heavy (non-hydrogen) atoms. The van der Waals surface area contributed by atoms with Crippen LogP contribution in [-0.2, 0) is 11.3 Å². The minimum atomic E-state index is -0.902. The Kier molecular flexibility index (Phi) is 2.67. The summed E-state index contributed by atoms with van der Waals surface area (Å²) in [5.74, 6) is 2.46. The van der Waals surface area contributed by atoms with Crippen molar-refractivity contribution >= 4 is 23.2 Å². The van der Waals surface area contributed by atoms with Crippen LogP contribution in [0.15, 0.2) is 12.1 Å². The van der Waals surface area contributed by atoms with Gasteiger partial charge in [0.05, 0.1) is 6.54 Å². The predicted octanol–water partition coefficient (Wildman–Crippen LogP) is 2.35. The molecule has 4 unspecified atom stereocenters. The highest BCUT2D eigenvalue weighted by atomic mass is 32.1. The fourth-order valence-electron chi connectivity index (χ4n) is 4.56. The molecule has 4 rings (SSSR count). The normalized spacial score (nSPS) is 36.7. The molecular weight excluding hydrogens is 274 g/mol. The quantitative estimate of drug-likeness (QED) is 0.895. The van der Waals surface area contributed by atoms with E-state index in [1.807, 2.05) is 0 Å². The summed E-state index contributed by atoms with van der Waals surface area (Å²) in [4.78, 5) is 24.3. The number of thiophene rings is 1. The Hall–Kier alpha value is -1.36. The van der Waals surface area contributed by atoms with Crippen molar-refractivity contribution in [1.29, 1.82) is 0 Å². The van der Waals surface area contributed by atoms with E-state index in [-0.39, 0.29) is 11.8 Å². The highest BCUT2D eigenvalue weighted by Gasteiger charge is 2.67. The van der Waals surface area contributed by atoms with Gasteiger partial charge in [-0.3, -0.25) is 4.79 Å². The summed E-state index contributed by atoms with van der Waals surface area (Å²) >= 11 is 1.24. The number of hydrogen-bond donors (Lipinski definition) is 2. The van der Waals surface area contributed by atoms with Gasteiger partial charge in [0.15, 0.2) is 0 Å². The molecule has 5 heteroatoms. The minimum absolute atomic E-state index is 0.182. The fraction of sp³-hybridized carbons (Fsp3) is 0.600. The second-order valence-corrected chi connectivity index (χ2v) is 7.47. The van der Waals surface area contributed by atoms with E-state index in [2.05, 4.69) is 5.32 Å². The van der Waals surface area contributed by atoms with Crippen LogP contribution in [-0.4, -0.2) is 17.0 Å². The van der Waals surface area contributed by atoms with Crippen LogP contribution in [0.5, 0.6) is 0 Å². The van der Waals surface area contributed by atoms with E-state index in [0.29, 0.717) is 23.3 Å². The predicted molar refractivity (Wildman–Crippen MR) is 74.4 cm³/mol. The molecule has 1 aromatic rings. The van der Waals surface area contributed by atoms with Crippen LogP contribution in [0.4, 0.5) is 0 Å². The third-order valence-electron chi connectivity index (χ3n) is 5.35. The molecule has 106 valence electrons. The van der Waals surface area contributed by atoms with Crippen LogP contribution in [0.2, 0.25) is 0 Å². The summed E-state index contributed by atoms with van der Waals surface area (Å²) in [6.07, 6.45) is 4.00. The molecule has 3 fully saturated rings. The Morgan fingerprint density at radius 1 is 1.25 bits per heavy atom. The zero-order chi connectivity index (χ0) is 13.9. The molecule has 4 atom stereocenters. The molecule has 3 aliphatic rings. The van der Waals surface area contributed by atoms with Gasteiger partial charge in [-0.1, -0.05) is 0 Å². The van der Waals surface area contributed by atoms with Gasteiger partial charge in [0, 0.05) is 10.8 Å². The average Bonchev–Trinajstić information content (AvgIpc) is 2.84. The summed E-state index contributed by atoms with van der Waals surface area (Å²) < 4.78 is 0. The zero-order valence-electron chi connectivity index (χ0n) is 11.0. The highest BCUT2D eigenvalue weighted by molar-refractivity contribution is 7.13. The Bertz CT molecular complexity index is 565. The van der Waals surface area contributed by atoms with Crippen molar-refractivity contribution in [3.63, 3.8) is 0 Å². The first-order valence-corrected chi connectivity index (χ1v) is 8.06. The lowest BCUT2D eigenvalue weighted by molar-refractivity contribution is -0.123. The Balaban J connectivity index is 1.34. The van der Waals surface area contributed by atoms with Gasteiger partial charge in [-0.15, -0.1) is 11.3 Å². The Morgan fingerprint density at radius 3 is 2.55 bits per heavy atom. The lowest BCUT2D eigenvalue weighted by atomic mass is 10.0. The lowest BCUT2D eigenvalue weighted by Gasteiger charge is -2.08.